The topological polar surface area (TPSA) is 18.5 Å². The van der Waals surface area contributed by atoms with E-state index >= 15 is 8.78 Å². The molecule has 4 rings (SSSR count). The SMILES string of the molecule is CCCOc1ccc2c(F)c(F)c(F)c(F)c2c1-c1c(OCCC)ccc2c(F)c(F)c(F)c(F)c12. The van der Waals surface area contributed by atoms with Gasteiger partial charge in [0.1, 0.15) is 11.5 Å². The van der Waals surface area contributed by atoms with Crippen LogP contribution in [0.2, 0.25) is 0 Å². The number of hydrogen-bond acceptors (Lipinski definition) is 2. The van der Waals surface area contributed by atoms with E-state index in [0.717, 1.165) is 24.3 Å². The maximum atomic E-state index is 15.2. The Morgan fingerprint density at radius 1 is 0.472 bits per heavy atom. The highest BCUT2D eigenvalue weighted by Crippen LogP contribution is 2.48. The molecule has 0 saturated carbocycles. The molecular weight excluding hydrogens is 496 g/mol. The van der Waals surface area contributed by atoms with E-state index in [9.17, 15) is 26.3 Å². The first-order valence-electron chi connectivity index (χ1n) is 11.0. The van der Waals surface area contributed by atoms with Crippen LogP contribution in [-0.2, 0) is 0 Å². The van der Waals surface area contributed by atoms with E-state index in [-0.39, 0.29) is 24.7 Å². The Kier molecular flexibility index (Phi) is 6.97. The third-order valence-corrected chi connectivity index (χ3v) is 5.58. The molecular formula is C26H18F8O2. The van der Waals surface area contributed by atoms with Gasteiger partial charge in [0.25, 0.3) is 0 Å². The molecule has 0 aromatic heterocycles. The zero-order valence-corrected chi connectivity index (χ0v) is 19.0. The van der Waals surface area contributed by atoms with Crippen molar-refractivity contribution in [2.45, 2.75) is 26.7 Å². The molecule has 0 heterocycles. The summed E-state index contributed by atoms with van der Waals surface area (Å²) in [6, 6.07) is 4.06. The fraction of sp³-hybridized carbons (Fsp3) is 0.231. The van der Waals surface area contributed by atoms with Crippen LogP contribution in [0.15, 0.2) is 24.3 Å². The van der Waals surface area contributed by atoms with Crippen molar-refractivity contribution in [1.29, 1.82) is 0 Å². The summed E-state index contributed by atoms with van der Waals surface area (Å²) in [4.78, 5) is 0. The molecule has 0 fully saturated rings. The quantitative estimate of drug-likeness (QED) is 0.140. The molecule has 0 amide bonds. The highest BCUT2D eigenvalue weighted by atomic mass is 19.2. The molecule has 190 valence electrons. The van der Waals surface area contributed by atoms with Crippen LogP contribution >= 0.6 is 0 Å². The zero-order chi connectivity index (χ0) is 26.3. The molecule has 10 heteroatoms. The van der Waals surface area contributed by atoms with Crippen LogP contribution in [0.1, 0.15) is 26.7 Å². The summed E-state index contributed by atoms with van der Waals surface area (Å²) in [5.41, 5.74) is -1.09. The van der Waals surface area contributed by atoms with Crippen molar-refractivity contribution in [2.75, 3.05) is 13.2 Å². The van der Waals surface area contributed by atoms with E-state index in [1.165, 1.54) is 0 Å². The van der Waals surface area contributed by atoms with Gasteiger partial charge in [-0.2, -0.15) is 0 Å². The minimum Gasteiger partial charge on any atom is -0.493 e. The molecule has 0 atom stereocenters. The van der Waals surface area contributed by atoms with Gasteiger partial charge in [0.15, 0.2) is 46.5 Å². The fourth-order valence-corrected chi connectivity index (χ4v) is 3.99. The largest absolute Gasteiger partial charge is 0.493 e. The summed E-state index contributed by atoms with van der Waals surface area (Å²) in [5.74, 6) is -16.2. The molecule has 0 spiro atoms. The normalized spacial score (nSPS) is 11.5. The predicted octanol–water partition coefficient (Wildman–Crippen LogP) is 8.35. The Hall–Kier alpha value is -3.56. The summed E-state index contributed by atoms with van der Waals surface area (Å²) >= 11 is 0. The number of ether oxygens (including phenoxy) is 2. The van der Waals surface area contributed by atoms with Crippen molar-refractivity contribution >= 4 is 21.5 Å². The standard InChI is InChI=1S/C26H18F8O2/c1-3-9-35-13-7-5-11-15(21(29)25(33)23(31)19(11)27)17(13)18-14(36-10-4-2)8-6-12-16(18)22(30)26(34)24(32)20(12)28/h5-8H,3-4,9-10H2,1-2H3. The van der Waals surface area contributed by atoms with Crippen LogP contribution in [0.4, 0.5) is 35.1 Å². The fourth-order valence-electron chi connectivity index (χ4n) is 3.99. The van der Waals surface area contributed by atoms with Crippen LogP contribution in [0, 0.1) is 46.5 Å². The van der Waals surface area contributed by atoms with E-state index in [1.54, 1.807) is 13.8 Å². The molecule has 0 unspecified atom stereocenters. The lowest BCUT2D eigenvalue weighted by Crippen LogP contribution is -2.06. The highest BCUT2D eigenvalue weighted by molar-refractivity contribution is 6.10. The van der Waals surface area contributed by atoms with Crippen molar-refractivity contribution < 1.29 is 44.6 Å². The van der Waals surface area contributed by atoms with Crippen molar-refractivity contribution in [2.24, 2.45) is 0 Å². The van der Waals surface area contributed by atoms with E-state index in [0.29, 0.717) is 12.8 Å². The summed E-state index contributed by atoms with van der Waals surface area (Å²) < 4.78 is 128. The van der Waals surface area contributed by atoms with Crippen LogP contribution in [0.5, 0.6) is 11.5 Å². The monoisotopic (exact) mass is 514 g/mol. The van der Waals surface area contributed by atoms with Crippen LogP contribution < -0.4 is 9.47 Å². The van der Waals surface area contributed by atoms with Crippen molar-refractivity contribution in [1.82, 2.24) is 0 Å². The molecule has 36 heavy (non-hydrogen) atoms. The van der Waals surface area contributed by atoms with Crippen LogP contribution in [0.25, 0.3) is 32.7 Å². The lowest BCUT2D eigenvalue weighted by atomic mass is 9.91. The van der Waals surface area contributed by atoms with Gasteiger partial charge in [0.2, 0.25) is 0 Å². The molecule has 0 radical (unpaired) electrons. The molecule has 4 aromatic carbocycles. The second kappa shape index (κ2) is 9.83. The molecule has 0 aliphatic carbocycles. The summed E-state index contributed by atoms with van der Waals surface area (Å²) in [7, 11) is 0. The predicted molar refractivity (Wildman–Crippen MR) is 118 cm³/mol. The molecule has 0 aliphatic heterocycles. The number of fused-ring (bicyclic) bond motifs is 2. The zero-order valence-electron chi connectivity index (χ0n) is 19.0. The Morgan fingerprint density at radius 3 is 1.14 bits per heavy atom. The number of benzene rings is 4. The first kappa shape index (κ1) is 25.5. The van der Waals surface area contributed by atoms with Crippen LogP contribution in [0.3, 0.4) is 0 Å². The third kappa shape index (κ3) is 3.88. The second-order valence-electron chi connectivity index (χ2n) is 7.93. The Labute approximate surface area is 200 Å². The number of rotatable bonds is 7. The molecule has 2 nitrogen and oxygen atoms in total. The van der Waals surface area contributed by atoms with Crippen molar-refractivity contribution in [3.05, 3.63) is 70.8 Å². The van der Waals surface area contributed by atoms with Gasteiger partial charge in [-0.05, 0) is 37.1 Å². The van der Waals surface area contributed by atoms with E-state index in [1.807, 2.05) is 0 Å². The average Bonchev–Trinajstić information content (AvgIpc) is 2.89. The molecule has 0 N–H and O–H groups in total. The van der Waals surface area contributed by atoms with Crippen LogP contribution in [-0.4, -0.2) is 13.2 Å². The Bertz CT molecular complexity index is 1390. The van der Waals surface area contributed by atoms with Crippen molar-refractivity contribution in [3.63, 3.8) is 0 Å². The first-order chi connectivity index (χ1) is 17.1. The van der Waals surface area contributed by atoms with Gasteiger partial charge >= 0.3 is 0 Å². The highest BCUT2D eigenvalue weighted by Gasteiger charge is 2.31. The van der Waals surface area contributed by atoms with Gasteiger partial charge < -0.3 is 9.47 Å². The molecule has 0 saturated heterocycles. The minimum absolute atomic E-state index is 0.00202. The van der Waals surface area contributed by atoms with E-state index in [4.69, 9.17) is 9.47 Å². The van der Waals surface area contributed by atoms with Gasteiger partial charge in [0.05, 0.1) is 13.2 Å². The van der Waals surface area contributed by atoms with Gasteiger partial charge in [-0.25, -0.2) is 35.1 Å². The first-order valence-corrected chi connectivity index (χ1v) is 11.0. The average molecular weight is 514 g/mol. The maximum absolute atomic E-state index is 15.2. The smallest absolute Gasteiger partial charge is 0.198 e. The second-order valence-corrected chi connectivity index (χ2v) is 7.93. The number of hydrogen-bond donors (Lipinski definition) is 0. The molecule has 0 aliphatic rings. The maximum Gasteiger partial charge on any atom is 0.198 e. The Morgan fingerprint density at radius 2 is 0.806 bits per heavy atom. The summed E-state index contributed by atoms with van der Waals surface area (Å²) in [6.45, 7) is 3.44. The minimum atomic E-state index is -2.16. The van der Waals surface area contributed by atoms with E-state index < -0.39 is 79.2 Å². The summed E-state index contributed by atoms with van der Waals surface area (Å²) in [5, 5.41) is -3.24. The van der Waals surface area contributed by atoms with Gasteiger partial charge in [-0.3, -0.25) is 0 Å². The third-order valence-electron chi connectivity index (χ3n) is 5.58. The van der Waals surface area contributed by atoms with Gasteiger partial charge in [-0.15, -0.1) is 0 Å². The molecule has 0 bridgehead atoms. The van der Waals surface area contributed by atoms with Crippen molar-refractivity contribution in [3.8, 4) is 22.6 Å². The lowest BCUT2D eigenvalue weighted by molar-refractivity contribution is 0.314. The lowest BCUT2D eigenvalue weighted by Gasteiger charge is -2.21. The molecule has 4 aromatic rings. The summed E-state index contributed by atoms with van der Waals surface area (Å²) in [6.07, 6.45) is 0.841. The van der Waals surface area contributed by atoms with Gasteiger partial charge in [0, 0.05) is 32.7 Å². The number of halogens is 8. The Balaban J connectivity index is 2.31. The van der Waals surface area contributed by atoms with Gasteiger partial charge in [-0.1, -0.05) is 13.8 Å². The van der Waals surface area contributed by atoms with E-state index in [2.05, 4.69) is 0 Å².